The van der Waals surface area contributed by atoms with E-state index in [2.05, 4.69) is 24.0 Å². The number of carbonyl (C=O) groups is 2. The number of aromatic amines is 1. The molecule has 1 N–H and O–H groups in total. The Bertz CT molecular complexity index is 902. The van der Waals surface area contributed by atoms with Gasteiger partial charge in [-0.3, -0.25) is 9.89 Å². The fourth-order valence-corrected chi connectivity index (χ4v) is 7.89. The minimum atomic E-state index is -0.338. The Morgan fingerprint density at radius 2 is 2.00 bits per heavy atom. The third-order valence-electron chi connectivity index (χ3n) is 9.42. The van der Waals surface area contributed by atoms with Crippen LogP contribution in [0.3, 0.4) is 0 Å². The van der Waals surface area contributed by atoms with E-state index < -0.39 is 0 Å². The van der Waals surface area contributed by atoms with Crippen molar-refractivity contribution in [1.82, 2.24) is 10.2 Å². The van der Waals surface area contributed by atoms with Crippen LogP contribution in [0, 0.1) is 28.6 Å². The summed E-state index contributed by atoms with van der Waals surface area (Å²) in [5.74, 6) is 2.59. The number of esters is 1. The first-order valence-electron chi connectivity index (χ1n) is 11.8. The highest BCUT2D eigenvalue weighted by molar-refractivity contribution is 5.91. The molecule has 5 nitrogen and oxygen atoms in total. The SMILES string of the molecule is CCOC(=O)c1cc(C2CCC3C4CCC5=CC(=O)CCC5(C)C4CCC23C)[nH]n1. The number of rotatable bonds is 3. The molecule has 4 aliphatic carbocycles. The molecule has 1 heterocycles. The maximum absolute atomic E-state index is 12.1. The van der Waals surface area contributed by atoms with E-state index >= 15 is 0 Å². The number of fused-ring (bicyclic) bond motifs is 5. The average Bonchev–Trinajstić information content (AvgIpc) is 3.33. The largest absolute Gasteiger partial charge is 0.461 e. The second-order valence-corrected chi connectivity index (χ2v) is 10.6. The topological polar surface area (TPSA) is 72.1 Å². The first-order valence-corrected chi connectivity index (χ1v) is 11.8. The van der Waals surface area contributed by atoms with E-state index in [1.807, 2.05) is 19.1 Å². The van der Waals surface area contributed by atoms with Crippen LogP contribution in [-0.4, -0.2) is 28.6 Å². The molecular weight excluding hydrogens is 376 g/mol. The number of hydrogen-bond acceptors (Lipinski definition) is 4. The number of hydrogen-bond donors (Lipinski definition) is 1. The monoisotopic (exact) mass is 410 g/mol. The van der Waals surface area contributed by atoms with Crippen molar-refractivity contribution >= 4 is 11.8 Å². The van der Waals surface area contributed by atoms with Gasteiger partial charge in [-0.15, -0.1) is 0 Å². The molecule has 0 spiro atoms. The van der Waals surface area contributed by atoms with Crippen LogP contribution in [0.25, 0.3) is 0 Å². The van der Waals surface area contributed by atoms with Crippen LogP contribution in [0.2, 0.25) is 0 Å². The van der Waals surface area contributed by atoms with Crippen molar-refractivity contribution in [1.29, 1.82) is 0 Å². The third kappa shape index (κ3) is 2.84. The summed E-state index contributed by atoms with van der Waals surface area (Å²) < 4.78 is 5.12. The first-order chi connectivity index (χ1) is 14.4. The van der Waals surface area contributed by atoms with Crippen molar-refractivity contribution in [2.45, 2.75) is 78.1 Å². The number of H-pyrrole nitrogens is 1. The van der Waals surface area contributed by atoms with E-state index in [1.165, 1.54) is 31.3 Å². The van der Waals surface area contributed by atoms with Crippen molar-refractivity contribution in [2.75, 3.05) is 6.61 Å². The molecular formula is C25H34N2O3. The van der Waals surface area contributed by atoms with Gasteiger partial charge >= 0.3 is 5.97 Å². The van der Waals surface area contributed by atoms with Crippen molar-refractivity contribution in [3.63, 3.8) is 0 Å². The number of ketones is 1. The maximum Gasteiger partial charge on any atom is 0.358 e. The molecule has 6 unspecified atom stereocenters. The molecule has 5 rings (SSSR count). The van der Waals surface area contributed by atoms with Crippen LogP contribution in [0.5, 0.6) is 0 Å². The zero-order chi connectivity index (χ0) is 21.1. The molecule has 0 amide bonds. The number of nitrogens with one attached hydrogen (secondary N) is 1. The fourth-order valence-electron chi connectivity index (χ4n) is 7.89. The number of allylic oxidation sites excluding steroid dienone is 1. The van der Waals surface area contributed by atoms with Gasteiger partial charge in [-0.25, -0.2) is 4.79 Å². The summed E-state index contributed by atoms with van der Waals surface area (Å²) in [7, 11) is 0. The molecule has 6 atom stereocenters. The Labute approximate surface area is 179 Å². The lowest BCUT2D eigenvalue weighted by atomic mass is 9.47. The molecule has 30 heavy (non-hydrogen) atoms. The highest BCUT2D eigenvalue weighted by atomic mass is 16.5. The van der Waals surface area contributed by atoms with Crippen LogP contribution in [-0.2, 0) is 9.53 Å². The maximum atomic E-state index is 12.1. The smallest absolute Gasteiger partial charge is 0.358 e. The summed E-state index contributed by atoms with van der Waals surface area (Å²) in [4.78, 5) is 24.1. The van der Waals surface area contributed by atoms with Crippen LogP contribution in [0.1, 0.15) is 94.2 Å². The average molecular weight is 411 g/mol. The van der Waals surface area contributed by atoms with Gasteiger partial charge in [0.15, 0.2) is 11.5 Å². The van der Waals surface area contributed by atoms with Gasteiger partial charge in [0.25, 0.3) is 0 Å². The molecule has 3 fully saturated rings. The molecule has 0 bridgehead atoms. The quantitative estimate of drug-likeness (QED) is 0.695. The summed E-state index contributed by atoms with van der Waals surface area (Å²) in [6, 6.07) is 1.93. The summed E-state index contributed by atoms with van der Waals surface area (Å²) in [5, 5.41) is 7.44. The van der Waals surface area contributed by atoms with Crippen molar-refractivity contribution < 1.29 is 14.3 Å². The van der Waals surface area contributed by atoms with Gasteiger partial charge in [-0.2, -0.15) is 5.10 Å². The van der Waals surface area contributed by atoms with E-state index in [1.54, 1.807) is 0 Å². The number of aromatic nitrogens is 2. The normalized spacial score (nSPS) is 40.2. The Hall–Kier alpha value is -1.91. The highest BCUT2D eigenvalue weighted by Crippen LogP contribution is 2.68. The molecule has 1 aromatic rings. The molecule has 0 radical (unpaired) electrons. The summed E-state index contributed by atoms with van der Waals surface area (Å²) >= 11 is 0. The van der Waals surface area contributed by atoms with Crippen LogP contribution in [0.4, 0.5) is 0 Å². The Balaban J connectivity index is 1.40. The van der Waals surface area contributed by atoms with Gasteiger partial charge in [-0.1, -0.05) is 19.4 Å². The van der Waals surface area contributed by atoms with E-state index in [4.69, 9.17) is 4.74 Å². The highest BCUT2D eigenvalue weighted by Gasteiger charge is 2.59. The van der Waals surface area contributed by atoms with Gasteiger partial charge in [0.2, 0.25) is 0 Å². The first kappa shape index (κ1) is 20.0. The lowest BCUT2D eigenvalue weighted by Gasteiger charge is -2.58. The Kier molecular flexibility index (Phi) is 4.71. The van der Waals surface area contributed by atoms with Gasteiger partial charge < -0.3 is 4.74 Å². The van der Waals surface area contributed by atoms with Crippen LogP contribution < -0.4 is 0 Å². The minimum Gasteiger partial charge on any atom is -0.461 e. The molecule has 4 aliphatic rings. The fraction of sp³-hybridized carbons (Fsp3) is 0.720. The molecule has 0 aliphatic heterocycles. The second kappa shape index (κ2) is 7.06. The zero-order valence-electron chi connectivity index (χ0n) is 18.5. The van der Waals surface area contributed by atoms with Gasteiger partial charge in [0, 0.05) is 18.0 Å². The van der Waals surface area contributed by atoms with Crippen LogP contribution in [0.15, 0.2) is 17.7 Å². The number of nitrogens with zero attached hydrogens (tertiary/aromatic N) is 1. The minimum absolute atomic E-state index is 0.224. The van der Waals surface area contributed by atoms with Crippen molar-refractivity contribution in [2.24, 2.45) is 28.6 Å². The van der Waals surface area contributed by atoms with E-state index in [9.17, 15) is 9.59 Å². The van der Waals surface area contributed by atoms with Crippen LogP contribution >= 0.6 is 0 Å². The van der Waals surface area contributed by atoms with Gasteiger partial charge in [0.05, 0.1) is 6.61 Å². The molecule has 3 saturated carbocycles. The van der Waals surface area contributed by atoms with Crippen molar-refractivity contribution in [3.05, 3.63) is 29.1 Å². The summed E-state index contributed by atoms with van der Waals surface area (Å²) in [5.41, 5.74) is 3.42. The molecule has 162 valence electrons. The molecule has 5 heteroatoms. The third-order valence-corrected chi connectivity index (χ3v) is 9.42. The van der Waals surface area contributed by atoms with E-state index in [0.717, 1.165) is 37.3 Å². The lowest BCUT2D eigenvalue weighted by molar-refractivity contribution is -0.117. The summed E-state index contributed by atoms with van der Waals surface area (Å²) in [6.07, 6.45) is 10.9. The Morgan fingerprint density at radius 1 is 1.17 bits per heavy atom. The molecule has 0 aromatic carbocycles. The number of carbonyl (C=O) groups excluding carboxylic acids is 2. The van der Waals surface area contributed by atoms with E-state index in [-0.39, 0.29) is 16.8 Å². The molecule has 1 aromatic heterocycles. The summed E-state index contributed by atoms with van der Waals surface area (Å²) in [6.45, 7) is 7.11. The predicted molar refractivity (Wildman–Crippen MR) is 114 cm³/mol. The Morgan fingerprint density at radius 3 is 2.80 bits per heavy atom. The van der Waals surface area contributed by atoms with Gasteiger partial charge in [0.1, 0.15) is 0 Å². The lowest BCUT2D eigenvalue weighted by Crippen LogP contribution is -2.50. The second-order valence-electron chi connectivity index (χ2n) is 10.6. The number of ether oxygens (including phenoxy) is 1. The predicted octanol–water partition coefficient (Wildman–Crippen LogP) is 5.20. The van der Waals surface area contributed by atoms with Crippen molar-refractivity contribution in [3.8, 4) is 0 Å². The van der Waals surface area contributed by atoms with Gasteiger partial charge in [-0.05, 0) is 92.6 Å². The molecule has 0 saturated heterocycles. The standard InChI is InChI=1S/C25H34N2O3/c1-4-30-23(29)22-14-21(26-27-22)20-8-7-18-17-6-5-15-13-16(28)9-11-24(15,2)19(17)10-12-25(18,20)3/h13-14,17-20H,4-12H2,1-3H3,(H,26,27). The van der Waals surface area contributed by atoms with E-state index in [0.29, 0.717) is 35.8 Å². The zero-order valence-corrected chi connectivity index (χ0v) is 18.5.